The fourth-order valence-corrected chi connectivity index (χ4v) is 13.7. The molecule has 1 aliphatic heterocycles. The van der Waals surface area contributed by atoms with Crippen LogP contribution in [0.1, 0.15) is 79.7 Å². The number of ether oxygens (including phenoxy) is 2. The van der Waals surface area contributed by atoms with Gasteiger partial charge in [0.05, 0.1) is 25.0 Å². The number of amides is 1. The number of aromatic nitrogens is 2. The van der Waals surface area contributed by atoms with E-state index in [1.807, 2.05) is 0 Å². The molecule has 0 saturated heterocycles. The van der Waals surface area contributed by atoms with E-state index in [2.05, 4.69) is 41.5 Å². The number of esters is 1. The third kappa shape index (κ3) is 4.88. The van der Waals surface area contributed by atoms with Crippen molar-refractivity contribution in [2.24, 2.45) is 0 Å². The maximum absolute atomic E-state index is 13.8. The zero-order chi connectivity index (χ0) is 27.3. The van der Waals surface area contributed by atoms with Gasteiger partial charge in [0.15, 0.2) is 6.04 Å². The SMILES string of the molecule is COC(=O)C1c2nc([Si](C(C)C)(C(C)C)C(C)C)n(S(=O)(=O)N(C)C)c2CN1C(=O)OC(C)(C)C. The van der Waals surface area contributed by atoms with Gasteiger partial charge in [0.1, 0.15) is 19.1 Å². The third-order valence-electron chi connectivity index (χ3n) is 6.85. The van der Waals surface area contributed by atoms with Crippen molar-refractivity contribution >= 4 is 35.8 Å². The first-order valence-electron chi connectivity index (χ1n) is 12.0. The molecule has 200 valence electrons. The molecule has 0 radical (unpaired) electrons. The molecular weight excluding hydrogens is 488 g/mol. The van der Waals surface area contributed by atoms with E-state index in [9.17, 15) is 18.0 Å². The Morgan fingerprint density at radius 3 is 1.91 bits per heavy atom. The molecule has 35 heavy (non-hydrogen) atoms. The monoisotopic (exact) mass is 530 g/mol. The van der Waals surface area contributed by atoms with E-state index >= 15 is 0 Å². The van der Waals surface area contributed by atoms with Gasteiger partial charge in [-0.3, -0.25) is 4.90 Å². The number of hydrogen-bond acceptors (Lipinski definition) is 7. The highest BCUT2D eigenvalue weighted by molar-refractivity contribution is 7.87. The highest BCUT2D eigenvalue weighted by Gasteiger charge is 2.54. The predicted molar refractivity (Wildman–Crippen MR) is 137 cm³/mol. The molecule has 12 heteroatoms. The number of hydrogen-bond donors (Lipinski definition) is 0. The quantitative estimate of drug-likeness (QED) is 0.392. The maximum Gasteiger partial charge on any atom is 0.411 e. The van der Waals surface area contributed by atoms with Crippen LogP contribution in [0.25, 0.3) is 0 Å². The van der Waals surface area contributed by atoms with Crippen LogP contribution in [0.4, 0.5) is 4.79 Å². The molecule has 1 aliphatic rings. The number of methoxy groups -OCH3 is 1. The average molecular weight is 531 g/mol. The van der Waals surface area contributed by atoms with E-state index < -0.39 is 42.0 Å². The largest absolute Gasteiger partial charge is 0.467 e. The summed E-state index contributed by atoms with van der Waals surface area (Å²) in [6.07, 6.45) is -0.735. The molecule has 0 bridgehead atoms. The summed E-state index contributed by atoms with van der Waals surface area (Å²) in [5.74, 6) is -0.695. The van der Waals surface area contributed by atoms with Gasteiger partial charge in [-0.15, -0.1) is 0 Å². The predicted octanol–water partition coefficient (Wildman–Crippen LogP) is 3.39. The number of fused-ring (bicyclic) bond motifs is 1. The second-order valence-corrected chi connectivity index (χ2v) is 19.0. The Morgan fingerprint density at radius 1 is 1.06 bits per heavy atom. The first-order chi connectivity index (χ1) is 15.8. The Morgan fingerprint density at radius 2 is 1.54 bits per heavy atom. The Bertz CT molecular complexity index is 1050. The van der Waals surface area contributed by atoms with E-state index in [0.717, 1.165) is 4.31 Å². The molecular formula is C23H42N4O6SSi. The van der Waals surface area contributed by atoms with Crippen LogP contribution in [0, 0.1) is 0 Å². The molecule has 1 atom stereocenters. The number of carbonyl (C=O) groups is 2. The van der Waals surface area contributed by atoms with Crippen molar-refractivity contribution in [3.63, 3.8) is 0 Å². The third-order valence-corrected chi connectivity index (χ3v) is 15.6. The summed E-state index contributed by atoms with van der Waals surface area (Å²) < 4.78 is 40.5. The standard InChI is InChI=1S/C23H42N4O6SSi/c1-14(2)35(15(3)4,16(5)6)21-24-18-17(27(21)34(30,31)25(10)11)13-26(19(18)20(28)32-12)22(29)33-23(7,8)9/h14-16,19H,13H2,1-12H3. The fourth-order valence-electron chi connectivity index (χ4n) is 5.52. The van der Waals surface area contributed by atoms with Gasteiger partial charge < -0.3 is 9.47 Å². The lowest BCUT2D eigenvalue weighted by Gasteiger charge is -2.42. The molecule has 10 nitrogen and oxygen atoms in total. The van der Waals surface area contributed by atoms with Gasteiger partial charge in [-0.2, -0.15) is 12.7 Å². The summed E-state index contributed by atoms with van der Waals surface area (Å²) in [7, 11) is -2.46. The van der Waals surface area contributed by atoms with Crippen LogP contribution < -0.4 is 5.45 Å². The normalized spacial score (nSPS) is 17.0. The molecule has 1 amide bonds. The summed E-state index contributed by atoms with van der Waals surface area (Å²) in [6, 6.07) is -1.19. The van der Waals surface area contributed by atoms with Crippen molar-refractivity contribution in [3.05, 3.63) is 11.4 Å². The Kier molecular flexibility index (Phi) is 8.25. The second kappa shape index (κ2) is 9.85. The molecule has 1 aromatic rings. The molecule has 0 spiro atoms. The first kappa shape index (κ1) is 29.3. The minimum absolute atomic E-state index is 0.136. The summed E-state index contributed by atoms with van der Waals surface area (Å²) in [5.41, 5.74) is 0.743. The van der Waals surface area contributed by atoms with E-state index in [4.69, 9.17) is 14.5 Å². The topological polar surface area (TPSA) is 111 Å². The molecule has 1 unspecified atom stereocenters. The molecule has 2 heterocycles. The molecule has 0 aliphatic carbocycles. The molecule has 2 rings (SSSR count). The Labute approximate surface area is 211 Å². The van der Waals surface area contributed by atoms with Crippen LogP contribution in [-0.4, -0.2) is 73.5 Å². The average Bonchev–Trinajstić information content (AvgIpc) is 3.21. The van der Waals surface area contributed by atoms with Gasteiger partial charge in [-0.25, -0.2) is 18.5 Å². The van der Waals surface area contributed by atoms with Crippen LogP contribution in [0.5, 0.6) is 0 Å². The van der Waals surface area contributed by atoms with Crippen LogP contribution >= 0.6 is 0 Å². The summed E-state index contributed by atoms with van der Waals surface area (Å²) in [6.45, 7) is 17.7. The van der Waals surface area contributed by atoms with Gasteiger partial charge in [0, 0.05) is 14.1 Å². The number of carbonyl (C=O) groups excluding carboxylic acids is 2. The lowest BCUT2D eigenvalue weighted by Crippen LogP contribution is -2.61. The van der Waals surface area contributed by atoms with Gasteiger partial charge >= 0.3 is 22.3 Å². The Balaban J connectivity index is 2.95. The summed E-state index contributed by atoms with van der Waals surface area (Å²) >= 11 is 0. The lowest BCUT2D eigenvalue weighted by atomic mass is 10.2. The minimum atomic E-state index is -4.02. The van der Waals surface area contributed by atoms with Crippen LogP contribution in [0.2, 0.25) is 16.6 Å². The van der Waals surface area contributed by atoms with E-state index in [0.29, 0.717) is 11.1 Å². The molecule has 0 aromatic carbocycles. The maximum atomic E-state index is 13.8. The zero-order valence-electron chi connectivity index (χ0n) is 23.2. The van der Waals surface area contributed by atoms with Crippen molar-refractivity contribution in [2.45, 2.75) is 97.1 Å². The number of nitrogens with zero attached hydrogens (tertiary/aromatic N) is 4. The lowest BCUT2D eigenvalue weighted by molar-refractivity contribution is -0.146. The van der Waals surface area contributed by atoms with Crippen LogP contribution in [0.3, 0.4) is 0 Å². The van der Waals surface area contributed by atoms with Gasteiger partial charge in [-0.1, -0.05) is 41.5 Å². The highest BCUT2D eigenvalue weighted by Crippen LogP contribution is 2.43. The fraction of sp³-hybridized carbons (Fsp3) is 0.783. The van der Waals surface area contributed by atoms with E-state index in [-0.39, 0.29) is 28.9 Å². The summed E-state index contributed by atoms with van der Waals surface area (Å²) in [4.78, 5) is 32.1. The van der Waals surface area contributed by atoms with Gasteiger partial charge in [0.25, 0.3) is 0 Å². The van der Waals surface area contributed by atoms with Crippen molar-refractivity contribution in [1.82, 2.24) is 18.2 Å². The molecule has 0 N–H and O–H groups in total. The van der Waals surface area contributed by atoms with Gasteiger partial charge in [-0.05, 0) is 37.4 Å². The van der Waals surface area contributed by atoms with Crippen LogP contribution in [0.15, 0.2) is 0 Å². The number of rotatable bonds is 7. The van der Waals surface area contributed by atoms with Crippen molar-refractivity contribution < 1.29 is 27.5 Å². The molecule has 0 fully saturated rings. The molecule has 1 aromatic heterocycles. The van der Waals surface area contributed by atoms with Crippen molar-refractivity contribution in [1.29, 1.82) is 0 Å². The Hall–Kier alpha value is -1.92. The first-order valence-corrected chi connectivity index (χ1v) is 15.6. The number of imidazole rings is 1. The molecule has 0 saturated carbocycles. The van der Waals surface area contributed by atoms with Crippen LogP contribution in [-0.2, 0) is 31.0 Å². The second-order valence-electron chi connectivity index (χ2n) is 11.3. The van der Waals surface area contributed by atoms with Gasteiger partial charge in [0.2, 0.25) is 0 Å². The van der Waals surface area contributed by atoms with E-state index in [1.165, 1.54) is 30.1 Å². The smallest absolute Gasteiger partial charge is 0.411 e. The van der Waals surface area contributed by atoms with E-state index in [1.54, 1.807) is 20.8 Å². The highest BCUT2D eigenvalue weighted by atomic mass is 32.2. The zero-order valence-corrected chi connectivity index (χ0v) is 25.0. The van der Waals surface area contributed by atoms with Crippen molar-refractivity contribution in [2.75, 3.05) is 21.2 Å². The van der Waals surface area contributed by atoms with Crippen molar-refractivity contribution in [3.8, 4) is 0 Å². The minimum Gasteiger partial charge on any atom is -0.467 e. The summed E-state index contributed by atoms with van der Waals surface area (Å²) in [5, 5.41) is 0.